The van der Waals surface area contributed by atoms with Crippen LogP contribution in [0.1, 0.15) is 21.7 Å². The summed E-state index contributed by atoms with van der Waals surface area (Å²) in [7, 11) is 0. The minimum atomic E-state index is 0.0366. The number of Topliss-reactive ketones (excluding diaryl/α,β-unsaturated/α-hetero) is 1. The Hall–Kier alpha value is -1.02. The number of hydrogen-bond donors (Lipinski definition) is 1. The first kappa shape index (κ1) is 15.4. The number of hydrogen-bond acceptors (Lipinski definition) is 3. The van der Waals surface area contributed by atoms with Gasteiger partial charge < -0.3 is 4.57 Å². The van der Waals surface area contributed by atoms with Crippen molar-refractivity contribution in [2.24, 2.45) is 0 Å². The summed E-state index contributed by atoms with van der Waals surface area (Å²) in [5.41, 5.74) is 1.70. The normalized spacial score (nSPS) is 10.6. The maximum Gasteiger partial charge on any atom is 0.182 e. The molecular weight excluding hydrogens is 433 g/mol. The summed E-state index contributed by atoms with van der Waals surface area (Å²) in [6.07, 6.45) is 1.81. The van der Waals surface area contributed by atoms with Crippen LogP contribution >= 0.6 is 38.5 Å². The zero-order chi connectivity index (χ0) is 14.7. The molecule has 0 bridgehead atoms. The highest BCUT2D eigenvalue weighted by Gasteiger charge is 2.09. The van der Waals surface area contributed by atoms with Gasteiger partial charge in [-0.05, 0) is 41.6 Å². The summed E-state index contributed by atoms with van der Waals surface area (Å²) in [5, 5.41) is 8.29. The number of ketones is 1. The minimum Gasteiger partial charge on any atom is -0.328 e. The number of nitrogens with zero attached hydrogens (tertiary/aromatic N) is 2. The Morgan fingerprint density at radius 1 is 1.40 bits per heavy atom. The quantitative estimate of drug-likeness (QED) is 0.446. The smallest absolute Gasteiger partial charge is 0.182 e. The van der Waals surface area contributed by atoms with Crippen molar-refractivity contribution in [1.29, 1.82) is 5.41 Å². The van der Waals surface area contributed by atoms with E-state index in [0.29, 0.717) is 16.7 Å². The summed E-state index contributed by atoms with van der Waals surface area (Å²) >= 11 is 5.54. The van der Waals surface area contributed by atoms with E-state index >= 15 is 0 Å². The first-order valence-electron chi connectivity index (χ1n) is 5.97. The van der Waals surface area contributed by atoms with Crippen LogP contribution in [-0.2, 0) is 11.9 Å². The molecule has 20 heavy (non-hydrogen) atoms. The monoisotopic (exact) mass is 445 g/mol. The fraction of sp³-hybridized carbons (Fsp3) is 0.214. The molecule has 0 saturated carbocycles. The van der Waals surface area contributed by atoms with Gasteiger partial charge in [0.1, 0.15) is 5.82 Å². The van der Waals surface area contributed by atoms with Gasteiger partial charge in [0.05, 0.1) is 6.54 Å². The third kappa shape index (κ3) is 3.54. The first-order chi connectivity index (χ1) is 9.51. The Bertz CT molecular complexity index is 695. The van der Waals surface area contributed by atoms with Crippen molar-refractivity contribution >= 4 is 44.3 Å². The summed E-state index contributed by atoms with van der Waals surface area (Å²) < 4.78 is 2.89. The van der Waals surface area contributed by atoms with Crippen molar-refractivity contribution in [1.82, 2.24) is 9.55 Å². The van der Waals surface area contributed by atoms with Crippen LogP contribution in [0.5, 0.6) is 0 Å². The van der Waals surface area contributed by atoms with E-state index < -0.39 is 0 Å². The molecule has 104 valence electrons. The van der Waals surface area contributed by atoms with Gasteiger partial charge in [-0.2, -0.15) is 0 Å². The number of rotatable bonds is 4. The Morgan fingerprint density at radius 2 is 2.05 bits per heavy atom. The van der Waals surface area contributed by atoms with E-state index in [1.54, 1.807) is 11.5 Å². The number of benzene rings is 1. The second-order valence-electron chi connectivity index (χ2n) is 4.35. The standard InChI is InChI=1S/C14H13BrIN3O/c1-9-18-14(17)11(6-15)7-19(9)8-13(20)10-2-4-12(16)5-3-10/h2-5,7,17H,6,8H2,1H3. The second kappa shape index (κ2) is 6.62. The largest absolute Gasteiger partial charge is 0.328 e. The summed E-state index contributed by atoms with van der Waals surface area (Å²) in [6.45, 7) is 2.04. The molecule has 0 aliphatic rings. The van der Waals surface area contributed by atoms with E-state index in [0.717, 1.165) is 9.13 Å². The van der Waals surface area contributed by atoms with E-state index in [2.05, 4.69) is 43.5 Å². The molecule has 2 aromatic rings. The third-order valence-electron chi connectivity index (χ3n) is 2.93. The van der Waals surface area contributed by atoms with Gasteiger partial charge in [-0.25, -0.2) is 4.98 Å². The van der Waals surface area contributed by atoms with E-state index in [1.807, 2.05) is 30.5 Å². The van der Waals surface area contributed by atoms with Crippen molar-refractivity contribution in [3.05, 3.63) is 56.5 Å². The van der Waals surface area contributed by atoms with E-state index in [-0.39, 0.29) is 17.8 Å². The van der Waals surface area contributed by atoms with Gasteiger partial charge in [-0.3, -0.25) is 10.2 Å². The predicted octanol–water partition coefficient (Wildman–Crippen LogP) is 3.05. The first-order valence-corrected chi connectivity index (χ1v) is 8.17. The lowest BCUT2D eigenvalue weighted by Crippen LogP contribution is -2.22. The van der Waals surface area contributed by atoms with Crippen molar-refractivity contribution in [3.8, 4) is 0 Å². The fourth-order valence-electron chi connectivity index (χ4n) is 1.78. The maximum absolute atomic E-state index is 12.3. The summed E-state index contributed by atoms with van der Waals surface area (Å²) in [6, 6.07) is 7.50. The average Bonchev–Trinajstić information content (AvgIpc) is 2.42. The molecule has 0 spiro atoms. The molecule has 0 radical (unpaired) electrons. The van der Waals surface area contributed by atoms with Crippen LogP contribution in [0.2, 0.25) is 0 Å². The molecule has 0 aliphatic heterocycles. The lowest BCUT2D eigenvalue weighted by Gasteiger charge is -2.11. The van der Waals surface area contributed by atoms with Gasteiger partial charge >= 0.3 is 0 Å². The lowest BCUT2D eigenvalue weighted by atomic mass is 10.1. The summed E-state index contributed by atoms with van der Waals surface area (Å²) in [5.74, 6) is 0.702. The number of carbonyl (C=O) groups is 1. The molecular formula is C14H13BrIN3O. The van der Waals surface area contributed by atoms with Crippen LogP contribution in [0.4, 0.5) is 0 Å². The molecule has 0 amide bonds. The molecule has 1 aromatic heterocycles. The van der Waals surface area contributed by atoms with Gasteiger partial charge in [-0.15, -0.1) is 0 Å². The van der Waals surface area contributed by atoms with Gasteiger partial charge in [0.2, 0.25) is 0 Å². The molecule has 0 unspecified atom stereocenters. The van der Waals surface area contributed by atoms with Gasteiger partial charge in [0, 0.05) is 26.2 Å². The number of alkyl halides is 1. The molecule has 1 aromatic carbocycles. The summed E-state index contributed by atoms with van der Waals surface area (Å²) in [4.78, 5) is 16.4. The zero-order valence-electron chi connectivity index (χ0n) is 10.9. The van der Waals surface area contributed by atoms with Crippen LogP contribution in [0.15, 0.2) is 30.5 Å². The van der Waals surface area contributed by atoms with E-state index in [1.165, 1.54) is 0 Å². The predicted molar refractivity (Wildman–Crippen MR) is 88.9 cm³/mol. The third-order valence-corrected chi connectivity index (χ3v) is 4.25. The second-order valence-corrected chi connectivity index (χ2v) is 6.16. The molecule has 6 heteroatoms. The average molecular weight is 446 g/mol. The van der Waals surface area contributed by atoms with Gasteiger partial charge in [-0.1, -0.05) is 28.1 Å². The number of halogens is 2. The maximum atomic E-state index is 12.3. The van der Waals surface area contributed by atoms with Gasteiger partial charge in [0.15, 0.2) is 11.3 Å². The Morgan fingerprint density at radius 3 is 2.65 bits per heavy atom. The molecule has 2 rings (SSSR count). The Kier molecular flexibility index (Phi) is 5.09. The molecule has 4 nitrogen and oxygen atoms in total. The van der Waals surface area contributed by atoms with Crippen molar-refractivity contribution < 1.29 is 4.79 Å². The molecule has 1 N–H and O–H groups in total. The van der Waals surface area contributed by atoms with Crippen LogP contribution in [0, 0.1) is 15.9 Å². The van der Waals surface area contributed by atoms with Crippen LogP contribution in [-0.4, -0.2) is 15.3 Å². The Balaban J connectivity index is 2.27. The number of carbonyl (C=O) groups excluding carboxylic acids is 1. The number of aromatic nitrogens is 2. The molecule has 0 saturated heterocycles. The molecule has 0 fully saturated rings. The fourth-order valence-corrected chi connectivity index (χ4v) is 2.55. The van der Waals surface area contributed by atoms with E-state index in [9.17, 15) is 4.79 Å². The van der Waals surface area contributed by atoms with Crippen molar-refractivity contribution in [2.45, 2.75) is 18.8 Å². The number of aryl methyl sites for hydroxylation is 1. The van der Waals surface area contributed by atoms with Crippen molar-refractivity contribution in [2.75, 3.05) is 0 Å². The topological polar surface area (TPSA) is 58.7 Å². The highest BCUT2D eigenvalue weighted by Crippen LogP contribution is 2.09. The van der Waals surface area contributed by atoms with E-state index in [4.69, 9.17) is 5.41 Å². The minimum absolute atomic E-state index is 0.0366. The molecule has 1 heterocycles. The molecule has 0 aliphatic carbocycles. The highest BCUT2D eigenvalue weighted by atomic mass is 127. The zero-order valence-corrected chi connectivity index (χ0v) is 14.6. The lowest BCUT2D eigenvalue weighted by molar-refractivity contribution is 0.0970. The van der Waals surface area contributed by atoms with Crippen LogP contribution in [0.25, 0.3) is 0 Å². The highest BCUT2D eigenvalue weighted by molar-refractivity contribution is 14.1. The number of nitrogens with one attached hydrogen (secondary N) is 1. The van der Waals surface area contributed by atoms with Crippen molar-refractivity contribution in [3.63, 3.8) is 0 Å². The van der Waals surface area contributed by atoms with Gasteiger partial charge in [0.25, 0.3) is 0 Å². The Labute approximate surface area is 139 Å². The van der Waals surface area contributed by atoms with Crippen LogP contribution < -0.4 is 5.49 Å². The SMILES string of the molecule is Cc1nc(=N)c(CBr)cn1CC(=O)c1ccc(I)cc1. The van der Waals surface area contributed by atoms with Crippen LogP contribution in [0.3, 0.4) is 0 Å². The molecule has 0 atom stereocenters.